The Bertz CT molecular complexity index is 669. The Hall–Kier alpha value is -2.57. The van der Waals surface area contributed by atoms with Crippen LogP contribution in [0.2, 0.25) is 0 Å². The van der Waals surface area contributed by atoms with Gasteiger partial charge in [0.15, 0.2) is 6.10 Å². The van der Waals surface area contributed by atoms with Crippen molar-refractivity contribution in [1.29, 1.82) is 0 Å². The van der Waals surface area contributed by atoms with Crippen molar-refractivity contribution in [2.75, 3.05) is 13.1 Å². The molecule has 2 fully saturated rings. The minimum absolute atomic E-state index is 0.0548. The second-order valence-corrected chi connectivity index (χ2v) is 6.23. The molecule has 4 amide bonds. The van der Waals surface area contributed by atoms with Crippen LogP contribution in [0.1, 0.15) is 18.4 Å². The number of amides is 4. The summed E-state index contributed by atoms with van der Waals surface area (Å²) in [5, 5.41) is 4.96. The number of imide groups is 1. The average Bonchev–Trinajstić information content (AvgIpc) is 3.09. The van der Waals surface area contributed by atoms with E-state index in [1.54, 1.807) is 4.90 Å². The minimum atomic E-state index is -0.854. The number of nitrogens with one attached hydrogen (secondary N) is 2. The molecule has 0 bridgehead atoms. The largest absolute Gasteiger partial charge is 0.480 e. The Morgan fingerprint density at radius 1 is 1.22 bits per heavy atom. The van der Waals surface area contributed by atoms with Crippen LogP contribution in [0, 0.1) is 0 Å². The fourth-order valence-corrected chi connectivity index (χ4v) is 3.51. The lowest BCUT2D eigenvalue weighted by atomic mass is 9.87. The van der Waals surface area contributed by atoms with Crippen LogP contribution >= 0.6 is 0 Å². The molecule has 1 spiro atoms. The third-order valence-electron chi connectivity index (χ3n) is 4.87. The van der Waals surface area contributed by atoms with Crippen molar-refractivity contribution in [2.45, 2.75) is 30.9 Å². The van der Waals surface area contributed by atoms with Gasteiger partial charge in [0.2, 0.25) is 0 Å². The number of rotatable bonds is 1. The second kappa shape index (κ2) is 4.97. The SMILES string of the molecule is O=C1NC(=O)C2(CCN(C(=O)C3Cc4ccccc4O3)CC2)N1. The average molecular weight is 315 g/mol. The number of fused-ring (bicyclic) bond motifs is 1. The van der Waals surface area contributed by atoms with Gasteiger partial charge >= 0.3 is 6.03 Å². The molecule has 3 heterocycles. The molecule has 0 radical (unpaired) electrons. The summed E-state index contributed by atoms with van der Waals surface area (Å²) in [5.74, 6) is 0.418. The molecule has 1 unspecified atom stereocenters. The molecule has 0 saturated carbocycles. The summed E-state index contributed by atoms with van der Waals surface area (Å²) in [7, 11) is 0. The van der Waals surface area contributed by atoms with E-state index in [9.17, 15) is 14.4 Å². The van der Waals surface area contributed by atoms with E-state index in [2.05, 4.69) is 10.6 Å². The van der Waals surface area contributed by atoms with Gasteiger partial charge in [-0.05, 0) is 24.5 Å². The molecule has 2 N–H and O–H groups in total. The molecule has 23 heavy (non-hydrogen) atoms. The summed E-state index contributed by atoms with van der Waals surface area (Å²) in [5.41, 5.74) is 0.189. The number of urea groups is 1. The fraction of sp³-hybridized carbons (Fsp3) is 0.438. The van der Waals surface area contributed by atoms with E-state index < -0.39 is 17.7 Å². The number of benzene rings is 1. The summed E-state index contributed by atoms with van der Waals surface area (Å²) in [6, 6.07) is 7.20. The van der Waals surface area contributed by atoms with Gasteiger partial charge in [-0.1, -0.05) is 18.2 Å². The van der Waals surface area contributed by atoms with Crippen LogP contribution in [-0.4, -0.2) is 47.5 Å². The lowest BCUT2D eigenvalue weighted by molar-refractivity contribution is -0.141. The van der Waals surface area contributed by atoms with E-state index in [0.29, 0.717) is 32.4 Å². The van der Waals surface area contributed by atoms with E-state index >= 15 is 0 Å². The van der Waals surface area contributed by atoms with E-state index in [1.807, 2.05) is 24.3 Å². The second-order valence-electron chi connectivity index (χ2n) is 6.23. The van der Waals surface area contributed by atoms with Gasteiger partial charge in [-0.2, -0.15) is 0 Å². The number of piperidine rings is 1. The first-order valence-electron chi connectivity index (χ1n) is 7.74. The van der Waals surface area contributed by atoms with Gasteiger partial charge in [-0.25, -0.2) is 4.79 Å². The van der Waals surface area contributed by atoms with E-state index in [0.717, 1.165) is 11.3 Å². The van der Waals surface area contributed by atoms with Crippen molar-refractivity contribution in [3.8, 4) is 5.75 Å². The number of likely N-dealkylation sites (tertiary alicyclic amines) is 1. The molecule has 2 saturated heterocycles. The lowest BCUT2D eigenvalue weighted by Gasteiger charge is -2.37. The third-order valence-corrected chi connectivity index (χ3v) is 4.87. The van der Waals surface area contributed by atoms with Gasteiger partial charge < -0.3 is 15.0 Å². The number of hydrogen-bond donors (Lipinski definition) is 2. The molecular weight excluding hydrogens is 298 g/mol. The number of carbonyl (C=O) groups is 3. The van der Waals surface area contributed by atoms with Crippen LogP contribution in [-0.2, 0) is 16.0 Å². The quantitative estimate of drug-likeness (QED) is 0.724. The van der Waals surface area contributed by atoms with Crippen molar-refractivity contribution >= 4 is 17.8 Å². The zero-order valence-corrected chi connectivity index (χ0v) is 12.5. The highest BCUT2D eigenvalue weighted by Gasteiger charge is 2.49. The molecule has 7 nitrogen and oxygen atoms in total. The maximum absolute atomic E-state index is 12.6. The number of carbonyl (C=O) groups excluding carboxylic acids is 3. The maximum Gasteiger partial charge on any atom is 0.322 e. The van der Waals surface area contributed by atoms with Gasteiger partial charge in [0.25, 0.3) is 11.8 Å². The molecular formula is C16H17N3O4. The Labute approximate surface area is 133 Å². The van der Waals surface area contributed by atoms with Crippen molar-refractivity contribution in [3.05, 3.63) is 29.8 Å². The van der Waals surface area contributed by atoms with Crippen LogP contribution in [0.4, 0.5) is 4.79 Å². The molecule has 4 rings (SSSR count). The summed E-state index contributed by atoms with van der Waals surface area (Å²) in [6.07, 6.45) is 0.938. The summed E-state index contributed by atoms with van der Waals surface area (Å²) in [6.45, 7) is 0.867. The van der Waals surface area contributed by atoms with Crippen LogP contribution in [0.3, 0.4) is 0 Å². The first-order valence-corrected chi connectivity index (χ1v) is 7.74. The highest BCUT2D eigenvalue weighted by atomic mass is 16.5. The van der Waals surface area contributed by atoms with Crippen molar-refractivity contribution in [3.63, 3.8) is 0 Å². The molecule has 0 aromatic heterocycles. The van der Waals surface area contributed by atoms with Gasteiger partial charge in [0.05, 0.1) is 0 Å². The predicted octanol–water partition coefficient (Wildman–Crippen LogP) is 0.191. The number of hydrogen-bond acceptors (Lipinski definition) is 4. The number of para-hydroxylation sites is 1. The zero-order chi connectivity index (χ0) is 16.0. The van der Waals surface area contributed by atoms with E-state index in [1.165, 1.54) is 0 Å². The van der Waals surface area contributed by atoms with Crippen LogP contribution in [0.25, 0.3) is 0 Å². The summed E-state index contributed by atoms with van der Waals surface area (Å²) in [4.78, 5) is 37.6. The first kappa shape index (κ1) is 14.0. The molecule has 0 aliphatic carbocycles. The van der Waals surface area contributed by atoms with E-state index in [4.69, 9.17) is 4.74 Å². The predicted molar refractivity (Wildman–Crippen MR) is 79.8 cm³/mol. The molecule has 7 heteroatoms. The normalized spacial score (nSPS) is 24.9. The minimum Gasteiger partial charge on any atom is -0.480 e. The lowest BCUT2D eigenvalue weighted by Crippen LogP contribution is -2.57. The fourth-order valence-electron chi connectivity index (χ4n) is 3.51. The van der Waals surface area contributed by atoms with Crippen LogP contribution < -0.4 is 15.4 Å². The monoisotopic (exact) mass is 315 g/mol. The van der Waals surface area contributed by atoms with E-state index in [-0.39, 0.29) is 11.8 Å². The van der Waals surface area contributed by atoms with Gasteiger partial charge in [0.1, 0.15) is 11.3 Å². The Morgan fingerprint density at radius 2 is 1.96 bits per heavy atom. The zero-order valence-electron chi connectivity index (χ0n) is 12.5. The smallest absolute Gasteiger partial charge is 0.322 e. The van der Waals surface area contributed by atoms with Gasteiger partial charge in [0, 0.05) is 19.5 Å². The third kappa shape index (κ3) is 2.23. The van der Waals surface area contributed by atoms with Crippen molar-refractivity contribution in [1.82, 2.24) is 15.5 Å². The van der Waals surface area contributed by atoms with Crippen LogP contribution in [0.5, 0.6) is 5.75 Å². The highest BCUT2D eigenvalue weighted by molar-refractivity contribution is 6.07. The van der Waals surface area contributed by atoms with Crippen molar-refractivity contribution < 1.29 is 19.1 Å². The Morgan fingerprint density at radius 3 is 2.61 bits per heavy atom. The number of nitrogens with zero attached hydrogens (tertiary/aromatic N) is 1. The van der Waals surface area contributed by atoms with Crippen molar-refractivity contribution in [2.24, 2.45) is 0 Å². The molecule has 120 valence electrons. The molecule has 1 atom stereocenters. The maximum atomic E-state index is 12.6. The first-order chi connectivity index (χ1) is 11.1. The van der Waals surface area contributed by atoms with Gasteiger partial charge in [-0.3, -0.25) is 14.9 Å². The van der Waals surface area contributed by atoms with Crippen LogP contribution in [0.15, 0.2) is 24.3 Å². The Balaban J connectivity index is 1.41. The summed E-state index contributed by atoms with van der Waals surface area (Å²) < 4.78 is 5.74. The Kier molecular flexibility index (Phi) is 3.04. The summed E-state index contributed by atoms with van der Waals surface area (Å²) >= 11 is 0. The molecule has 1 aromatic carbocycles. The molecule has 3 aliphatic heterocycles. The highest BCUT2D eigenvalue weighted by Crippen LogP contribution is 2.31. The number of ether oxygens (including phenoxy) is 1. The topological polar surface area (TPSA) is 87.7 Å². The molecule has 3 aliphatic rings. The molecule has 1 aromatic rings. The van der Waals surface area contributed by atoms with Gasteiger partial charge in [-0.15, -0.1) is 0 Å². The standard InChI is InChI=1S/C16H17N3O4/c20-13(12-9-10-3-1-2-4-11(10)23-12)19-7-5-16(6-8-19)14(21)17-15(22)18-16/h1-4,12H,5-9H2,(H2,17,18,21,22).